The zero-order valence-corrected chi connectivity index (χ0v) is 9.58. The summed E-state index contributed by atoms with van der Waals surface area (Å²) >= 11 is 0. The summed E-state index contributed by atoms with van der Waals surface area (Å²) in [7, 11) is 0. The number of hydrogen-bond donors (Lipinski definition) is 1. The van der Waals surface area contributed by atoms with Gasteiger partial charge in [0.25, 0.3) is 0 Å². The number of carboxylic acid groups (broad SMARTS) is 1. The molecule has 2 aromatic carbocycles. The number of aromatic carboxylic acids is 1. The number of rotatable bonds is 2. The first-order valence-electron chi connectivity index (χ1n) is 5.29. The first-order valence-corrected chi connectivity index (χ1v) is 5.29. The zero-order valence-electron chi connectivity index (χ0n) is 9.58. The molecule has 2 rings (SSSR count). The standard InChI is InChI=1S/C14H10F2O2/c1-8-3-2-4-11(13(8)14(17)18)10-6-5-9(15)7-12(10)16/h2-7H,1H3,(H,17,18). The summed E-state index contributed by atoms with van der Waals surface area (Å²) in [6, 6.07) is 7.86. The first-order chi connectivity index (χ1) is 8.50. The Bertz CT molecular complexity index is 621. The minimum atomic E-state index is -1.13. The second-order valence-electron chi connectivity index (χ2n) is 3.93. The van der Waals surface area contributed by atoms with Gasteiger partial charge in [-0.2, -0.15) is 0 Å². The van der Waals surface area contributed by atoms with Crippen LogP contribution in [-0.2, 0) is 0 Å². The quantitative estimate of drug-likeness (QED) is 0.880. The van der Waals surface area contributed by atoms with Crippen molar-refractivity contribution >= 4 is 5.97 Å². The number of carboxylic acids is 1. The number of carbonyl (C=O) groups is 1. The summed E-state index contributed by atoms with van der Waals surface area (Å²) in [5.41, 5.74) is 0.893. The molecular weight excluding hydrogens is 238 g/mol. The van der Waals surface area contributed by atoms with Gasteiger partial charge in [0.2, 0.25) is 0 Å². The molecule has 0 aliphatic carbocycles. The van der Waals surface area contributed by atoms with E-state index in [4.69, 9.17) is 5.11 Å². The third-order valence-corrected chi connectivity index (χ3v) is 2.71. The highest BCUT2D eigenvalue weighted by Gasteiger charge is 2.16. The van der Waals surface area contributed by atoms with E-state index in [-0.39, 0.29) is 16.7 Å². The van der Waals surface area contributed by atoms with Crippen molar-refractivity contribution in [1.29, 1.82) is 0 Å². The summed E-state index contributed by atoms with van der Waals surface area (Å²) < 4.78 is 26.5. The smallest absolute Gasteiger partial charge is 0.336 e. The van der Waals surface area contributed by atoms with Crippen molar-refractivity contribution in [2.75, 3.05) is 0 Å². The molecule has 0 radical (unpaired) electrons. The van der Waals surface area contributed by atoms with Gasteiger partial charge in [0.05, 0.1) is 5.56 Å². The molecular formula is C14H10F2O2. The van der Waals surface area contributed by atoms with E-state index < -0.39 is 17.6 Å². The second kappa shape index (κ2) is 4.56. The fourth-order valence-electron chi connectivity index (χ4n) is 1.88. The molecule has 0 amide bonds. The van der Waals surface area contributed by atoms with Crippen LogP contribution in [0.1, 0.15) is 15.9 Å². The van der Waals surface area contributed by atoms with Crippen molar-refractivity contribution in [2.45, 2.75) is 6.92 Å². The fraction of sp³-hybridized carbons (Fsp3) is 0.0714. The van der Waals surface area contributed by atoms with Crippen LogP contribution in [0.25, 0.3) is 11.1 Å². The summed E-state index contributed by atoms with van der Waals surface area (Å²) in [4.78, 5) is 11.2. The van der Waals surface area contributed by atoms with Crippen molar-refractivity contribution in [3.8, 4) is 11.1 Å². The largest absolute Gasteiger partial charge is 0.478 e. The Hall–Kier alpha value is -2.23. The van der Waals surface area contributed by atoms with Gasteiger partial charge in [-0.05, 0) is 30.2 Å². The number of hydrogen-bond acceptors (Lipinski definition) is 1. The molecule has 0 saturated carbocycles. The lowest BCUT2D eigenvalue weighted by Gasteiger charge is -2.10. The molecule has 18 heavy (non-hydrogen) atoms. The minimum Gasteiger partial charge on any atom is -0.478 e. The topological polar surface area (TPSA) is 37.3 Å². The van der Waals surface area contributed by atoms with Gasteiger partial charge >= 0.3 is 5.97 Å². The van der Waals surface area contributed by atoms with Gasteiger partial charge in [-0.3, -0.25) is 0 Å². The highest BCUT2D eigenvalue weighted by atomic mass is 19.1. The summed E-state index contributed by atoms with van der Waals surface area (Å²) in [5.74, 6) is -2.60. The molecule has 2 nitrogen and oxygen atoms in total. The van der Waals surface area contributed by atoms with E-state index in [1.54, 1.807) is 19.1 Å². The van der Waals surface area contributed by atoms with Gasteiger partial charge in [0, 0.05) is 11.6 Å². The normalized spacial score (nSPS) is 10.4. The molecule has 0 aromatic heterocycles. The molecule has 0 unspecified atom stereocenters. The molecule has 0 atom stereocenters. The predicted molar refractivity (Wildman–Crippen MR) is 63.5 cm³/mol. The van der Waals surface area contributed by atoms with Crippen LogP contribution in [0.4, 0.5) is 8.78 Å². The van der Waals surface area contributed by atoms with Gasteiger partial charge < -0.3 is 5.11 Å². The van der Waals surface area contributed by atoms with Crippen molar-refractivity contribution in [3.63, 3.8) is 0 Å². The van der Waals surface area contributed by atoms with Crippen LogP contribution in [0.5, 0.6) is 0 Å². The average Bonchev–Trinajstić information content (AvgIpc) is 2.28. The third-order valence-electron chi connectivity index (χ3n) is 2.71. The Morgan fingerprint density at radius 3 is 2.44 bits per heavy atom. The summed E-state index contributed by atoms with van der Waals surface area (Å²) in [6.07, 6.45) is 0. The van der Waals surface area contributed by atoms with Crippen LogP contribution in [0.3, 0.4) is 0 Å². The average molecular weight is 248 g/mol. The Kier molecular flexibility index (Phi) is 3.10. The lowest BCUT2D eigenvalue weighted by Crippen LogP contribution is -2.03. The van der Waals surface area contributed by atoms with E-state index in [0.717, 1.165) is 12.1 Å². The maximum atomic E-state index is 13.7. The fourth-order valence-corrected chi connectivity index (χ4v) is 1.88. The highest BCUT2D eigenvalue weighted by molar-refractivity contribution is 5.97. The monoisotopic (exact) mass is 248 g/mol. The van der Waals surface area contributed by atoms with Crippen LogP contribution < -0.4 is 0 Å². The SMILES string of the molecule is Cc1cccc(-c2ccc(F)cc2F)c1C(=O)O. The Balaban J connectivity index is 2.71. The van der Waals surface area contributed by atoms with E-state index in [1.807, 2.05) is 0 Å². The molecule has 0 saturated heterocycles. The van der Waals surface area contributed by atoms with Crippen molar-refractivity contribution < 1.29 is 18.7 Å². The number of halogens is 2. The van der Waals surface area contributed by atoms with Crippen LogP contribution in [-0.4, -0.2) is 11.1 Å². The van der Waals surface area contributed by atoms with Crippen LogP contribution in [0.2, 0.25) is 0 Å². The van der Waals surface area contributed by atoms with E-state index in [2.05, 4.69) is 0 Å². The van der Waals surface area contributed by atoms with Crippen molar-refractivity contribution in [2.24, 2.45) is 0 Å². The zero-order chi connectivity index (χ0) is 13.3. The van der Waals surface area contributed by atoms with Crippen LogP contribution in [0, 0.1) is 18.6 Å². The molecule has 0 spiro atoms. The molecule has 2 aromatic rings. The lowest BCUT2D eigenvalue weighted by atomic mass is 9.95. The van der Waals surface area contributed by atoms with Crippen LogP contribution >= 0.6 is 0 Å². The molecule has 0 fully saturated rings. The second-order valence-corrected chi connectivity index (χ2v) is 3.93. The van der Waals surface area contributed by atoms with Gasteiger partial charge in [-0.25, -0.2) is 13.6 Å². The van der Waals surface area contributed by atoms with Gasteiger partial charge in [0.1, 0.15) is 11.6 Å². The Morgan fingerprint density at radius 1 is 1.11 bits per heavy atom. The Morgan fingerprint density at radius 2 is 1.83 bits per heavy atom. The summed E-state index contributed by atoms with van der Waals surface area (Å²) in [6.45, 7) is 1.63. The molecule has 0 aliphatic heterocycles. The highest BCUT2D eigenvalue weighted by Crippen LogP contribution is 2.28. The van der Waals surface area contributed by atoms with Gasteiger partial charge in [-0.1, -0.05) is 18.2 Å². The lowest BCUT2D eigenvalue weighted by molar-refractivity contribution is 0.0697. The molecule has 4 heteroatoms. The maximum Gasteiger partial charge on any atom is 0.336 e. The third kappa shape index (κ3) is 2.09. The number of aryl methyl sites for hydroxylation is 1. The Labute approximate surface area is 103 Å². The first kappa shape index (κ1) is 12.2. The van der Waals surface area contributed by atoms with Crippen LogP contribution in [0.15, 0.2) is 36.4 Å². The molecule has 0 bridgehead atoms. The van der Waals surface area contributed by atoms with E-state index in [0.29, 0.717) is 5.56 Å². The van der Waals surface area contributed by atoms with Crippen molar-refractivity contribution in [1.82, 2.24) is 0 Å². The maximum absolute atomic E-state index is 13.7. The number of benzene rings is 2. The molecule has 92 valence electrons. The van der Waals surface area contributed by atoms with E-state index >= 15 is 0 Å². The van der Waals surface area contributed by atoms with E-state index in [9.17, 15) is 13.6 Å². The van der Waals surface area contributed by atoms with Gasteiger partial charge in [-0.15, -0.1) is 0 Å². The summed E-state index contributed by atoms with van der Waals surface area (Å²) in [5, 5.41) is 9.16. The van der Waals surface area contributed by atoms with Gasteiger partial charge in [0.15, 0.2) is 0 Å². The predicted octanol–water partition coefficient (Wildman–Crippen LogP) is 3.64. The molecule has 0 aliphatic rings. The van der Waals surface area contributed by atoms with E-state index in [1.165, 1.54) is 12.1 Å². The molecule has 0 heterocycles. The molecule has 1 N–H and O–H groups in total. The minimum absolute atomic E-state index is 0.0306. The van der Waals surface area contributed by atoms with Crippen molar-refractivity contribution in [3.05, 3.63) is 59.2 Å².